The van der Waals surface area contributed by atoms with Crippen LogP contribution in [0, 0.1) is 0 Å². The first-order valence-corrected chi connectivity index (χ1v) is 7.96. The average molecular weight is 314 g/mol. The van der Waals surface area contributed by atoms with Crippen molar-refractivity contribution >= 4 is 5.91 Å². The molecule has 1 aromatic carbocycles. The first-order chi connectivity index (χ1) is 11.3. The van der Waals surface area contributed by atoms with E-state index in [9.17, 15) is 4.79 Å². The van der Waals surface area contributed by atoms with Gasteiger partial charge >= 0.3 is 0 Å². The topological polar surface area (TPSA) is 70.2 Å². The molecular formula is C17H22N4O2. The van der Waals surface area contributed by atoms with Crippen LogP contribution in [0.15, 0.2) is 30.3 Å². The van der Waals surface area contributed by atoms with Crippen LogP contribution in [0.4, 0.5) is 0 Å². The minimum atomic E-state index is -0.0362. The molecule has 1 amide bonds. The van der Waals surface area contributed by atoms with Gasteiger partial charge in [-0.2, -0.15) is 5.10 Å². The fourth-order valence-corrected chi connectivity index (χ4v) is 2.69. The second kappa shape index (κ2) is 7.28. The van der Waals surface area contributed by atoms with E-state index in [0.29, 0.717) is 25.4 Å². The number of hydrogen-bond acceptors (Lipinski definition) is 4. The number of H-pyrrole nitrogens is 1. The minimum Gasteiger partial charge on any atom is -0.494 e. The molecule has 2 heterocycles. The smallest absolute Gasteiger partial charge is 0.274 e. The number of nitrogens with one attached hydrogen (secondary N) is 2. The number of aromatic nitrogens is 2. The van der Waals surface area contributed by atoms with Crippen molar-refractivity contribution in [3.05, 3.63) is 47.3 Å². The number of amides is 1. The van der Waals surface area contributed by atoms with Crippen LogP contribution in [-0.2, 0) is 13.0 Å². The lowest BCUT2D eigenvalue weighted by Crippen LogP contribution is -2.31. The molecule has 0 bridgehead atoms. The number of fused-ring (bicyclic) bond motifs is 1. The van der Waals surface area contributed by atoms with E-state index in [1.165, 1.54) is 0 Å². The van der Waals surface area contributed by atoms with Crippen LogP contribution in [0.3, 0.4) is 0 Å². The molecular weight excluding hydrogens is 292 g/mol. The quantitative estimate of drug-likeness (QED) is 0.795. The molecule has 1 aliphatic heterocycles. The second-order valence-corrected chi connectivity index (χ2v) is 5.70. The zero-order valence-electron chi connectivity index (χ0n) is 13.3. The lowest BCUT2D eigenvalue weighted by molar-refractivity contribution is 0.0780. The summed E-state index contributed by atoms with van der Waals surface area (Å²) in [5.41, 5.74) is 2.63. The Balaban J connectivity index is 1.49. The first-order valence-electron chi connectivity index (χ1n) is 7.96. The van der Waals surface area contributed by atoms with Crippen LogP contribution < -0.4 is 10.1 Å². The molecule has 0 aliphatic carbocycles. The van der Waals surface area contributed by atoms with Gasteiger partial charge in [-0.25, -0.2) is 0 Å². The summed E-state index contributed by atoms with van der Waals surface area (Å²) in [6.07, 6.45) is 1.67. The summed E-state index contributed by atoms with van der Waals surface area (Å²) in [5.74, 6) is 0.819. The number of benzene rings is 1. The standard InChI is InChI=1S/C17H22N4O2/c1-21(10-5-11-23-13-6-3-2-4-7-13)17(22)16-14-12-18-9-8-15(14)19-20-16/h2-4,6-7,18H,5,8-12H2,1H3,(H,19,20). The number of aromatic amines is 1. The Kier molecular flexibility index (Phi) is 4.92. The Morgan fingerprint density at radius 2 is 2.17 bits per heavy atom. The maximum Gasteiger partial charge on any atom is 0.274 e. The molecule has 1 aromatic heterocycles. The van der Waals surface area contributed by atoms with E-state index >= 15 is 0 Å². The van der Waals surface area contributed by atoms with Gasteiger partial charge < -0.3 is 15.0 Å². The van der Waals surface area contributed by atoms with Crippen LogP contribution in [0.25, 0.3) is 0 Å². The second-order valence-electron chi connectivity index (χ2n) is 5.70. The van der Waals surface area contributed by atoms with Crippen molar-refractivity contribution < 1.29 is 9.53 Å². The number of ether oxygens (including phenoxy) is 1. The lowest BCUT2D eigenvalue weighted by atomic mass is 10.1. The Bertz CT molecular complexity index is 654. The van der Waals surface area contributed by atoms with Gasteiger partial charge in [0, 0.05) is 44.4 Å². The van der Waals surface area contributed by atoms with Crippen molar-refractivity contribution in [3.8, 4) is 5.75 Å². The van der Waals surface area contributed by atoms with E-state index in [0.717, 1.165) is 36.4 Å². The molecule has 3 rings (SSSR count). The molecule has 122 valence electrons. The maximum atomic E-state index is 12.5. The molecule has 0 spiro atoms. The van der Waals surface area contributed by atoms with Gasteiger partial charge in [0.15, 0.2) is 5.69 Å². The Hall–Kier alpha value is -2.34. The highest BCUT2D eigenvalue weighted by molar-refractivity contribution is 5.93. The molecule has 2 aromatic rings. The van der Waals surface area contributed by atoms with Gasteiger partial charge in [-0.1, -0.05) is 18.2 Å². The van der Waals surface area contributed by atoms with Gasteiger partial charge in [-0.15, -0.1) is 0 Å². The van der Waals surface area contributed by atoms with E-state index in [-0.39, 0.29) is 5.91 Å². The fourth-order valence-electron chi connectivity index (χ4n) is 2.69. The highest BCUT2D eigenvalue weighted by atomic mass is 16.5. The maximum absolute atomic E-state index is 12.5. The molecule has 1 aliphatic rings. The van der Waals surface area contributed by atoms with Gasteiger partial charge in [0.2, 0.25) is 0 Å². The summed E-state index contributed by atoms with van der Waals surface area (Å²) in [7, 11) is 1.81. The molecule has 6 heteroatoms. The number of nitrogens with zero attached hydrogens (tertiary/aromatic N) is 2. The van der Waals surface area contributed by atoms with Crippen LogP contribution >= 0.6 is 0 Å². The van der Waals surface area contributed by atoms with Crippen LogP contribution in [0.2, 0.25) is 0 Å². The fraction of sp³-hybridized carbons (Fsp3) is 0.412. The summed E-state index contributed by atoms with van der Waals surface area (Å²) in [6.45, 7) is 2.86. The molecule has 0 radical (unpaired) electrons. The van der Waals surface area contributed by atoms with Crippen molar-refractivity contribution in [2.45, 2.75) is 19.4 Å². The number of para-hydroxylation sites is 1. The third-order valence-electron chi connectivity index (χ3n) is 4.01. The number of carbonyl (C=O) groups is 1. The molecule has 0 saturated carbocycles. The number of carbonyl (C=O) groups excluding carboxylic acids is 1. The van der Waals surface area contributed by atoms with E-state index in [2.05, 4.69) is 15.5 Å². The zero-order valence-corrected chi connectivity index (χ0v) is 13.3. The summed E-state index contributed by atoms with van der Waals surface area (Å²) in [5, 5.41) is 10.5. The largest absolute Gasteiger partial charge is 0.494 e. The van der Waals surface area contributed by atoms with Crippen molar-refractivity contribution in [1.29, 1.82) is 0 Å². The van der Waals surface area contributed by atoms with Crippen LogP contribution in [0.5, 0.6) is 5.75 Å². The minimum absolute atomic E-state index is 0.0362. The van der Waals surface area contributed by atoms with E-state index in [1.54, 1.807) is 4.90 Å². The molecule has 0 unspecified atom stereocenters. The van der Waals surface area contributed by atoms with Crippen molar-refractivity contribution in [2.24, 2.45) is 0 Å². The highest BCUT2D eigenvalue weighted by Crippen LogP contribution is 2.16. The highest BCUT2D eigenvalue weighted by Gasteiger charge is 2.23. The first kappa shape index (κ1) is 15.6. The molecule has 0 saturated heterocycles. The predicted octanol–water partition coefficient (Wildman–Crippen LogP) is 1.60. The van der Waals surface area contributed by atoms with Gasteiger partial charge in [-0.3, -0.25) is 9.89 Å². The van der Waals surface area contributed by atoms with E-state index < -0.39 is 0 Å². The zero-order chi connectivity index (χ0) is 16.1. The van der Waals surface area contributed by atoms with Gasteiger partial charge in [0.1, 0.15) is 5.75 Å². The van der Waals surface area contributed by atoms with Crippen molar-refractivity contribution in [2.75, 3.05) is 26.7 Å². The van der Waals surface area contributed by atoms with E-state index in [1.807, 2.05) is 37.4 Å². The number of hydrogen-bond donors (Lipinski definition) is 2. The van der Waals surface area contributed by atoms with Gasteiger partial charge in [-0.05, 0) is 18.6 Å². The molecule has 23 heavy (non-hydrogen) atoms. The van der Waals surface area contributed by atoms with Crippen LogP contribution in [0.1, 0.15) is 28.2 Å². The summed E-state index contributed by atoms with van der Waals surface area (Å²) in [4.78, 5) is 14.2. The average Bonchev–Trinajstić information content (AvgIpc) is 3.03. The van der Waals surface area contributed by atoms with Gasteiger partial charge in [0.05, 0.1) is 6.61 Å². The Morgan fingerprint density at radius 1 is 1.35 bits per heavy atom. The predicted molar refractivity (Wildman–Crippen MR) is 87.5 cm³/mol. The molecule has 6 nitrogen and oxygen atoms in total. The summed E-state index contributed by atoms with van der Waals surface area (Å²) < 4.78 is 5.65. The third-order valence-corrected chi connectivity index (χ3v) is 4.01. The van der Waals surface area contributed by atoms with Crippen LogP contribution in [-0.4, -0.2) is 47.7 Å². The number of rotatable bonds is 6. The van der Waals surface area contributed by atoms with Gasteiger partial charge in [0.25, 0.3) is 5.91 Å². The van der Waals surface area contributed by atoms with Crippen molar-refractivity contribution in [1.82, 2.24) is 20.4 Å². The molecule has 0 atom stereocenters. The summed E-state index contributed by atoms with van der Waals surface area (Å²) in [6, 6.07) is 9.70. The Labute approximate surface area is 135 Å². The Morgan fingerprint density at radius 3 is 3.00 bits per heavy atom. The third kappa shape index (κ3) is 3.71. The monoisotopic (exact) mass is 314 g/mol. The molecule has 0 fully saturated rings. The SMILES string of the molecule is CN(CCCOc1ccccc1)C(=O)c1n[nH]c2c1CNCC2. The van der Waals surface area contributed by atoms with Crippen molar-refractivity contribution in [3.63, 3.8) is 0 Å². The van der Waals surface area contributed by atoms with E-state index in [4.69, 9.17) is 4.74 Å². The molecule has 2 N–H and O–H groups in total. The normalized spacial score (nSPS) is 13.4. The lowest BCUT2D eigenvalue weighted by Gasteiger charge is -2.18. The summed E-state index contributed by atoms with van der Waals surface area (Å²) >= 11 is 0.